The lowest BCUT2D eigenvalue weighted by atomic mass is 9.78. The molecule has 1 spiro atoms. The fourth-order valence-corrected chi connectivity index (χ4v) is 6.04. The SMILES string of the molecule is Cc1nn(Cc2cccc(C(C)C)n2)c2cccc(NC(=O)c3cnc4cc(OCCN5CC6(COC6)C5)ccn34)c12. The molecule has 0 aliphatic carbocycles. The van der Waals surface area contributed by atoms with Gasteiger partial charge in [-0.3, -0.25) is 23.8 Å². The van der Waals surface area contributed by atoms with Gasteiger partial charge in [-0.15, -0.1) is 0 Å². The number of pyridine rings is 2. The van der Waals surface area contributed by atoms with E-state index in [-0.39, 0.29) is 5.91 Å². The molecule has 42 heavy (non-hydrogen) atoms. The van der Waals surface area contributed by atoms with E-state index in [0.717, 1.165) is 66.6 Å². The minimum absolute atomic E-state index is 0.242. The standard InChI is InChI=1S/C32H35N7O3/c1-21(2)25-7-4-6-23(34-25)16-39-27-9-5-8-26(30(27)22(3)36-39)35-31(40)28-15-33-29-14-24(10-11-38(28)29)42-13-12-37-17-32(18-37)19-41-20-32/h4-11,14-15,21H,12-13,16-20H2,1-3H3,(H,35,40). The number of hydrogen-bond donors (Lipinski definition) is 1. The summed E-state index contributed by atoms with van der Waals surface area (Å²) in [6.45, 7) is 12.2. The molecule has 0 radical (unpaired) electrons. The summed E-state index contributed by atoms with van der Waals surface area (Å²) in [6, 6.07) is 15.7. The smallest absolute Gasteiger partial charge is 0.274 e. The number of hydrogen-bond acceptors (Lipinski definition) is 7. The molecule has 2 aliphatic heterocycles. The van der Waals surface area contributed by atoms with Crippen molar-refractivity contribution in [1.82, 2.24) is 29.0 Å². The van der Waals surface area contributed by atoms with Gasteiger partial charge >= 0.3 is 0 Å². The van der Waals surface area contributed by atoms with Gasteiger partial charge in [0.25, 0.3) is 5.91 Å². The maximum Gasteiger partial charge on any atom is 0.274 e. The van der Waals surface area contributed by atoms with Gasteiger partial charge in [-0.25, -0.2) is 4.98 Å². The number of carbonyl (C=O) groups excluding carboxylic acids is 1. The van der Waals surface area contributed by atoms with Crippen molar-refractivity contribution in [2.45, 2.75) is 33.2 Å². The maximum absolute atomic E-state index is 13.4. The number of anilines is 1. The zero-order chi connectivity index (χ0) is 28.8. The third-order valence-electron chi connectivity index (χ3n) is 8.26. The maximum atomic E-state index is 13.4. The van der Waals surface area contributed by atoms with Crippen LogP contribution in [0.4, 0.5) is 5.69 Å². The molecular formula is C32H35N7O3. The van der Waals surface area contributed by atoms with Crippen molar-refractivity contribution in [3.8, 4) is 5.75 Å². The molecule has 0 atom stereocenters. The number of aromatic nitrogens is 5. The van der Waals surface area contributed by atoms with E-state index < -0.39 is 0 Å². The molecule has 4 aromatic heterocycles. The molecule has 2 aliphatic rings. The molecule has 2 saturated heterocycles. The highest BCUT2D eigenvalue weighted by molar-refractivity contribution is 6.08. The zero-order valence-corrected chi connectivity index (χ0v) is 24.2. The predicted molar refractivity (Wildman–Crippen MR) is 160 cm³/mol. The Labute approximate surface area is 244 Å². The summed E-state index contributed by atoms with van der Waals surface area (Å²) in [5.41, 5.74) is 6.02. The molecule has 1 N–H and O–H groups in total. The van der Waals surface area contributed by atoms with Gasteiger partial charge in [0.05, 0.1) is 48.5 Å². The Morgan fingerprint density at radius 2 is 1.98 bits per heavy atom. The molecule has 7 rings (SSSR count). The number of carbonyl (C=O) groups is 1. The number of nitrogens with one attached hydrogen (secondary N) is 1. The highest BCUT2D eigenvalue weighted by atomic mass is 16.5. The van der Waals surface area contributed by atoms with Gasteiger partial charge in [0.1, 0.15) is 23.7 Å². The van der Waals surface area contributed by atoms with Crippen molar-refractivity contribution in [3.05, 3.63) is 83.7 Å². The lowest BCUT2D eigenvalue weighted by Gasteiger charge is -2.55. The van der Waals surface area contributed by atoms with Crippen LogP contribution in [0.3, 0.4) is 0 Å². The van der Waals surface area contributed by atoms with Crippen LogP contribution < -0.4 is 10.1 Å². The van der Waals surface area contributed by atoms with Crippen LogP contribution in [0.25, 0.3) is 16.6 Å². The third-order valence-corrected chi connectivity index (χ3v) is 8.26. The van der Waals surface area contributed by atoms with Crippen LogP contribution in [0.5, 0.6) is 5.75 Å². The number of ether oxygens (including phenoxy) is 2. The Morgan fingerprint density at radius 3 is 2.76 bits per heavy atom. The van der Waals surface area contributed by atoms with E-state index in [0.29, 0.717) is 41.5 Å². The first kappa shape index (κ1) is 26.6. The molecular weight excluding hydrogens is 530 g/mol. The minimum atomic E-state index is -0.242. The highest BCUT2D eigenvalue weighted by Gasteiger charge is 2.48. The number of benzene rings is 1. The van der Waals surface area contributed by atoms with Gasteiger partial charge < -0.3 is 14.8 Å². The van der Waals surface area contributed by atoms with Gasteiger partial charge in [-0.05, 0) is 43.2 Å². The first-order valence-corrected chi connectivity index (χ1v) is 14.5. The molecule has 5 aromatic rings. The summed E-state index contributed by atoms with van der Waals surface area (Å²) in [6.07, 6.45) is 3.43. The Hall–Kier alpha value is -4.28. The van der Waals surface area contributed by atoms with E-state index in [1.54, 1.807) is 10.6 Å². The first-order chi connectivity index (χ1) is 20.4. The fraction of sp³-hybridized carbons (Fsp3) is 0.375. The van der Waals surface area contributed by atoms with Crippen molar-refractivity contribution < 1.29 is 14.3 Å². The van der Waals surface area contributed by atoms with Gasteiger partial charge in [0.2, 0.25) is 0 Å². The van der Waals surface area contributed by atoms with Crippen molar-refractivity contribution >= 4 is 28.1 Å². The quantitative estimate of drug-likeness (QED) is 0.281. The van der Waals surface area contributed by atoms with E-state index in [1.165, 1.54) is 0 Å². The molecule has 0 saturated carbocycles. The second-order valence-corrected chi connectivity index (χ2v) is 11.9. The number of imidazole rings is 1. The fourth-order valence-electron chi connectivity index (χ4n) is 6.04. The predicted octanol–water partition coefficient (Wildman–Crippen LogP) is 4.52. The molecule has 10 nitrogen and oxygen atoms in total. The Balaban J connectivity index is 1.04. The topological polar surface area (TPSA) is 98.8 Å². The number of fused-ring (bicyclic) bond motifs is 2. The lowest BCUT2D eigenvalue weighted by Crippen LogP contribution is -2.66. The average molecular weight is 566 g/mol. The normalized spacial score (nSPS) is 16.2. The first-order valence-electron chi connectivity index (χ1n) is 14.5. The van der Waals surface area contributed by atoms with Crippen molar-refractivity contribution in [2.75, 3.05) is 44.8 Å². The average Bonchev–Trinajstić information content (AvgIpc) is 3.50. The Morgan fingerprint density at radius 1 is 1.14 bits per heavy atom. The molecule has 1 amide bonds. The summed E-state index contributed by atoms with van der Waals surface area (Å²) < 4.78 is 15.1. The molecule has 6 heterocycles. The van der Waals surface area contributed by atoms with Crippen molar-refractivity contribution in [2.24, 2.45) is 5.41 Å². The van der Waals surface area contributed by atoms with Gasteiger partial charge in [0.15, 0.2) is 0 Å². The molecule has 10 heteroatoms. The number of likely N-dealkylation sites (tertiary alicyclic amines) is 1. The Kier molecular flexibility index (Phi) is 6.67. The third kappa shape index (κ3) is 4.90. The zero-order valence-electron chi connectivity index (χ0n) is 24.2. The summed E-state index contributed by atoms with van der Waals surface area (Å²) in [7, 11) is 0. The second kappa shape index (κ2) is 10.5. The summed E-state index contributed by atoms with van der Waals surface area (Å²) in [4.78, 5) is 25.1. The Bertz CT molecular complexity index is 1780. The van der Waals surface area contributed by atoms with E-state index in [1.807, 2.05) is 60.3 Å². The van der Waals surface area contributed by atoms with Crippen LogP contribution in [-0.4, -0.2) is 74.4 Å². The number of rotatable bonds is 9. The largest absolute Gasteiger partial charge is 0.492 e. The minimum Gasteiger partial charge on any atom is -0.492 e. The molecule has 216 valence electrons. The highest BCUT2D eigenvalue weighted by Crippen LogP contribution is 2.37. The summed E-state index contributed by atoms with van der Waals surface area (Å²) in [5.74, 6) is 0.852. The molecule has 0 bridgehead atoms. The van der Waals surface area contributed by atoms with Crippen molar-refractivity contribution in [1.29, 1.82) is 0 Å². The number of nitrogens with zero attached hydrogens (tertiary/aromatic N) is 6. The van der Waals surface area contributed by atoms with E-state index >= 15 is 0 Å². The number of aryl methyl sites for hydroxylation is 1. The van der Waals surface area contributed by atoms with Gasteiger partial charge in [-0.2, -0.15) is 5.10 Å². The molecule has 0 unspecified atom stereocenters. The molecule has 2 fully saturated rings. The van der Waals surface area contributed by atoms with Gasteiger partial charge in [-0.1, -0.05) is 26.0 Å². The number of amides is 1. The molecule has 1 aromatic carbocycles. The summed E-state index contributed by atoms with van der Waals surface area (Å²) in [5, 5.41) is 8.80. The van der Waals surface area contributed by atoms with Crippen LogP contribution >= 0.6 is 0 Å². The van der Waals surface area contributed by atoms with Crippen LogP contribution in [0.1, 0.15) is 47.3 Å². The van der Waals surface area contributed by atoms with Gasteiger partial charge in [0, 0.05) is 48.4 Å². The van der Waals surface area contributed by atoms with Crippen molar-refractivity contribution in [3.63, 3.8) is 0 Å². The van der Waals surface area contributed by atoms with E-state index in [9.17, 15) is 4.79 Å². The van der Waals surface area contributed by atoms with Crippen LogP contribution in [0, 0.1) is 12.3 Å². The summed E-state index contributed by atoms with van der Waals surface area (Å²) >= 11 is 0. The monoisotopic (exact) mass is 565 g/mol. The van der Waals surface area contributed by atoms with Crippen LogP contribution in [0.15, 0.2) is 60.9 Å². The van der Waals surface area contributed by atoms with E-state index in [4.69, 9.17) is 19.6 Å². The second-order valence-electron chi connectivity index (χ2n) is 11.9. The van der Waals surface area contributed by atoms with E-state index in [2.05, 4.69) is 35.1 Å². The van der Waals surface area contributed by atoms with Crippen LogP contribution in [0.2, 0.25) is 0 Å². The lowest BCUT2D eigenvalue weighted by molar-refractivity contribution is -0.189. The van der Waals surface area contributed by atoms with Crippen LogP contribution in [-0.2, 0) is 11.3 Å².